The van der Waals surface area contributed by atoms with E-state index in [0.717, 1.165) is 0 Å². The standard InChI is InChI=1S/C14H19F3N2O4S/c1-5-22-11(20)9-10(14(15,16)17)24-8(19-9)6-7-18-12(21)23-13(2,3)4/h5-7H2,1-4H3,(H,18,21). The van der Waals surface area contributed by atoms with Gasteiger partial charge >= 0.3 is 18.2 Å². The van der Waals surface area contributed by atoms with E-state index in [2.05, 4.69) is 15.0 Å². The van der Waals surface area contributed by atoms with Gasteiger partial charge in [-0.25, -0.2) is 14.6 Å². The van der Waals surface area contributed by atoms with Gasteiger partial charge in [-0.05, 0) is 27.7 Å². The quantitative estimate of drug-likeness (QED) is 0.806. The Balaban J connectivity index is 2.76. The zero-order valence-corrected chi connectivity index (χ0v) is 14.6. The first kappa shape index (κ1) is 20.2. The summed E-state index contributed by atoms with van der Waals surface area (Å²) in [6.45, 7) is 6.53. The van der Waals surface area contributed by atoms with Crippen molar-refractivity contribution in [2.24, 2.45) is 0 Å². The summed E-state index contributed by atoms with van der Waals surface area (Å²) in [7, 11) is 0. The number of nitrogens with one attached hydrogen (secondary N) is 1. The molecule has 136 valence electrons. The van der Waals surface area contributed by atoms with Crippen LogP contribution in [0.2, 0.25) is 0 Å². The van der Waals surface area contributed by atoms with Gasteiger partial charge in [-0.15, -0.1) is 11.3 Å². The highest BCUT2D eigenvalue weighted by molar-refractivity contribution is 7.12. The number of hydrogen-bond acceptors (Lipinski definition) is 6. The summed E-state index contributed by atoms with van der Waals surface area (Å²) in [6, 6.07) is 0. The maximum atomic E-state index is 13.0. The van der Waals surface area contributed by atoms with Gasteiger partial charge in [-0.1, -0.05) is 0 Å². The van der Waals surface area contributed by atoms with Crippen LogP contribution in [0, 0.1) is 0 Å². The first-order valence-corrected chi connectivity index (χ1v) is 7.96. The third-order valence-corrected chi connectivity index (χ3v) is 3.56. The van der Waals surface area contributed by atoms with Crippen LogP contribution in [0.5, 0.6) is 0 Å². The highest BCUT2D eigenvalue weighted by Crippen LogP contribution is 2.36. The van der Waals surface area contributed by atoms with Crippen molar-refractivity contribution < 1.29 is 32.2 Å². The Morgan fingerprint density at radius 1 is 1.25 bits per heavy atom. The number of carbonyl (C=O) groups excluding carboxylic acids is 2. The van der Waals surface area contributed by atoms with Crippen LogP contribution in [0.15, 0.2) is 0 Å². The van der Waals surface area contributed by atoms with E-state index in [-0.39, 0.29) is 24.6 Å². The van der Waals surface area contributed by atoms with Crippen molar-refractivity contribution in [2.45, 2.75) is 45.9 Å². The van der Waals surface area contributed by atoms with E-state index < -0.39 is 34.4 Å². The van der Waals surface area contributed by atoms with Gasteiger partial charge in [0.2, 0.25) is 0 Å². The number of ether oxygens (including phenoxy) is 2. The SMILES string of the molecule is CCOC(=O)c1nc(CCNC(=O)OC(C)(C)C)sc1C(F)(F)F. The third-order valence-electron chi connectivity index (χ3n) is 2.40. The summed E-state index contributed by atoms with van der Waals surface area (Å²) in [6.07, 6.45) is -5.34. The molecule has 0 aromatic carbocycles. The lowest BCUT2D eigenvalue weighted by atomic mass is 10.2. The first-order valence-electron chi connectivity index (χ1n) is 7.15. The molecule has 6 nitrogen and oxygen atoms in total. The summed E-state index contributed by atoms with van der Waals surface area (Å²) in [5, 5.41) is 2.49. The molecular formula is C14H19F3N2O4S. The van der Waals surface area contributed by atoms with Crippen LogP contribution in [0.3, 0.4) is 0 Å². The molecule has 1 amide bonds. The number of alkyl carbamates (subject to hydrolysis) is 1. The van der Waals surface area contributed by atoms with E-state index in [1.165, 1.54) is 6.92 Å². The van der Waals surface area contributed by atoms with Crippen LogP contribution in [0.25, 0.3) is 0 Å². The average Bonchev–Trinajstić information content (AvgIpc) is 2.81. The van der Waals surface area contributed by atoms with E-state index in [1.54, 1.807) is 20.8 Å². The third kappa shape index (κ3) is 6.34. The molecule has 0 aliphatic carbocycles. The van der Waals surface area contributed by atoms with Gasteiger partial charge in [-0.3, -0.25) is 0 Å². The second-order valence-corrected chi connectivity index (χ2v) is 6.77. The molecule has 0 unspecified atom stereocenters. The minimum Gasteiger partial charge on any atom is -0.461 e. The first-order chi connectivity index (χ1) is 10.9. The summed E-state index contributed by atoms with van der Waals surface area (Å²) in [5.41, 5.74) is -1.42. The Labute approximate surface area is 141 Å². The van der Waals surface area contributed by atoms with Crippen molar-refractivity contribution in [1.82, 2.24) is 10.3 Å². The lowest BCUT2D eigenvalue weighted by Gasteiger charge is -2.19. The topological polar surface area (TPSA) is 77.5 Å². The van der Waals surface area contributed by atoms with E-state index in [0.29, 0.717) is 11.3 Å². The Kier molecular flexibility index (Phi) is 6.58. The van der Waals surface area contributed by atoms with Crippen molar-refractivity contribution in [2.75, 3.05) is 13.2 Å². The predicted molar refractivity (Wildman–Crippen MR) is 81.0 cm³/mol. The van der Waals surface area contributed by atoms with Crippen molar-refractivity contribution in [1.29, 1.82) is 0 Å². The van der Waals surface area contributed by atoms with Gasteiger partial charge in [0.15, 0.2) is 5.69 Å². The van der Waals surface area contributed by atoms with Crippen LogP contribution >= 0.6 is 11.3 Å². The molecule has 0 saturated heterocycles. The van der Waals surface area contributed by atoms with Crippen LogP contribution in [-0.2, 0) is 22.1 Å². The lowest BCUT2D eigenvalue weighted by Crippen LogP contribution is -2.33. The second-order valence-electron chi connectivity index (χ2n) is 5.68. The van der Waals surface area contributed by atoms with E-state index in [9.17, 15) is 22.8 Å². The number of esters is 1. The van der Waals surface area contributed by atoms with E-state index in [1.807, 2.05) is 0 Å². The summed E-state index contributed by atoms with van der Waals surface area (Å²) in [5.74, 6) is -1.12. The molecule has 0 spiro atoms. The van der Waals surface area contributed by atoms with Crippen molar-refractivity contribution in [3.8, 4) is 0 Å². The Morgan fingerprint density at radius 3 is 2.38 bits per heavy atom. The minimum atomic E-state index is -4.70. The van der Waals surface area contributed by atoms with Crippen molar-refractivity contribution in [3.63, 3.8) is 0 Å². The number of carbonyl (C=O) groups is 2. The van der Waals surface area contributed by atoms with Crippen molar-refractivity contribution in [3.05, 3.63) is 15.6 Å². The van der Waals surface area contributed by atoms with Gasteiger partial charge in [0.1, 0.15) is 10.5 Å². The Bertz CT molecular complexity index is 594. The number of amides is 1. The molecule has 1 aromatic heterocycles. The lowest BCUT2D eigenvalue weighted by molar-refractivity contribution is -0.135. The number of nitrogens with zero attached hydrogens (tertiary/aromatic N) is 1. The molecule has 1 aromatic rings. The largest absolute Gasteiger partial charge is 0.461 e. The van der Waals surface area contributed by atoms with Gasteiger partial charge in [-0.2, -0.15) is 13.2 Å². The molecule has 10 heteroatoms. The number of halogens is 3. The Hall–Kier alpha value is -1.84. The van der Waals surface area contributed by atoms with E-state index in [4.69, 9.17) is 4.74 Å². The smallest absolute Gasteiger partial charge is 0.428 e. The van der Waals surface area contributed by atoms with Crippen LogP contribution in [-0.4, -0.2) is 35.8 Å². The number of thiazole rings is 1. The second kappa shape index (κ2) is 7.82. The average molecular weight is 368 g/mol. The van der Waals surface area contributed by atoms with Crippen LogP contribution in [0.4, 0.5) is 18.0 Å². The zero-order valence-electron chi connectivity index (χ0n) is 13.7. The Morgan fingerprint density at radius 2 is 1.88 bits per heavy atom. The monoisotopic (exact) mass is 368 g/mol. The minimum absolute atomic E-state index is 0.0298. The number of rotatable bonds is 5. The molecule has 0 fully saturated rings. The molecule has 1 N–H and O–H groups in total. The van der Waals surface area contributed by atoms with Gasteiger partial charge in [0, 0.05) is 13.0 Å². The summed E-state index contributed by atoms with van der Waals surface area (Å²) < 4.78 is 48.5. The number of hydrogen-bond donors (Lipinski definition) is 1. The molecular weight excluding hydrogens is 349 g/mol. The highest BCUT2D eigenvalue weighted by Gasteiger charge is 2.39. The number of alkyl halides is 3. The molecule has 0 saturated carbocycles. The fourth-order valence-corrected chi connectivity index (χ4v) is 2.51. The summed E-state index contributed by atoms with van der Waals surface area (Å²) in [4.78, 5) is 25.7. The molecule has 0 bridgehead atoms. The fraction of sp³-hybridized carbons (Fsp3) is 0.643. The molecule has 0 atom stereocenters. The number of aromatic nitrogens is 1. The molecule has 0 aliphatic heterocycles. The van der Waals surface area contributed by atoms with Crippen molar-refractivity contribution >= 4 is 23.4 Å². The van der Waals surface area contributed by atoms with Crippen LogP contribution in [0.1, 0.15) is 48.1 Å². The zero-order chi connectivity index (χ0) is 18.5. The van der Waals surface area contributed by atoms with Gasteiger partial charge in [0.05, 0.1) is 11.6 Å². The highest BCUT2D eigenvalue weighted by atomic mass is 32.1. The molecule has 0 aliphatic rings. The maximum absolute atomic E-state index is 13.0. The van der Waals surface area contributed by atoms with Crippen LogP contribution < -0.4 is 5.32 Å². The normalized spacial score (nSPS) is 12.0. The maximum Gasteiger partial charge on any atom is 0.428 e. The molecule has 24 heavy (non-hydrogen) atoms. The molecule has 0 radical (unpaired) electrons. The van der Waals surface area contributed by atoms with E-state index >= 15 is 0 Å². The molecule has 1 heterocycles. The fourth-order valence-electron chi connectivity index (χ4n) is 1.59. The van der Waals surface area contributed by atoms with Gasteiger partial charge in [0.25, 0.3) is 0 Å². The predicted octanol–water partition coefficient (Wildman–Crippen LogP) is 3.41. The summed E-state index contributed by atoms with van der Waals surface area (Å²) >= 11 is 0.356. The van der Waals surface area contributed by atoms with Gasteiger partial charge < -0.3 is 14.8 Å². The molecule has 1 rings (SSSR count).